The first kappa shape index (κ1) is 17.1. The molecule has 0 amide bonds. The third-order valence-corrected chi connectivity index (χ3v) is 2.64. The van der Waals surface area contributed by atoms with Crippen LogP contribution in [0.5, 0.6) is 0 Å². The summed E-state index contributed by atoms with van der Waals surface area (Å²) in [5.41, 5.74) is 0. The van der Waals surface area contributed by atoms with E-state index in [0.29, 0.717) is 0 Å². The van der Waals surface area contributed by atoms with E-state index in [1.54, 1.807) is 0 Å². The molecule has 1 rings (SSSR count). The Bertz CT molecular complexity index is 403. The average molecular weight is 302 g/mol. The van der Waals surface area contributed by atoms with Gasteiger partial charge >= 0.3 is 17.9 Å². The van der Waals surface area contributed by atoms with E-state index in [2.05, 4.69) is 0 Å². The molecule has 4 atom stereocenters. The highest BCUT2D eigenvalue weighted by Gasteiger charge is 2.51. The van der Waals surface area contributed by atoms with Crippen molar-refractivity contribution < 1.29 is 38.1 Å². The maximum Gasteiger partial charge on any atom is 0.305 e. The van der Waals surface area contributed by atoms with Gasteiger partial charge in [-0.1, -0.05) is 0 Å². The fourth-order valence-electron chi connectivity index (χ4n) is 2.05. The Morgan fingerprint density at radius 2 is 1.29 bits per heavy atom. The number of rotatable bonds is 5. The number of carbonyl (C=O) groups is 4. The monoisotopic (exact) mass is 302 g/mol. The Hall–Kier alpha value is -1.96. The van der Waals surface area contributed by atoms with Crippen LogP contribution in [0.3, 0.4) is 0 Å². The Kier molecular flexibility index (Phi) is 5.83. The van der Waals surface area contributed by atoms with E-state index in [1.807, 2.05) is 0 Å². The Labute approximate surface area is 121 Å². The molecule has 21 heavy (non-hydrogen) atoms. The van der Waals surface area contributed by atoms with Gasteiger partial charge in [0, 0.05) is 27.2 Å². The summed E-state index contributed by atoms with van der Waals surface area (Å²) < 4.78 is 20.4. The van der Waals surface area contributed by atoms with Gasteiger partial charge in [0.1, 0.15) is 11.9 Å². The van der Waals surface area contributed by atoms with E-state index in [0.717, 1.165) is 13.8 Å². The molecule has 0 bridgehead atoms. The van der Waals surface area contributed by atoms with Crippen LogP contribution >= 0.6 is 0 Å². The van der Waals surface area contributed by atoms with E-state index in [1.165, 1.54) is 13.8 Å². The lowest BCUT2D eigenvalue weighted by Gasteiger charge is -2.22. The first-order valence-electron chi connectivity index (χ1n) is 6.37. The molecule has 8 nitrogen and oxygen atoms in total. The number of esters is 3. The van der Waals surface area contributed by atoms with Crippen molar-refractivity contribution in [2.45, 2.75) is 58.7 Å². The number of hydrogen-bond acceptors (Lipinski definition) is 8. The van der Waals surface area contributed by atoms with Gasteiger partial charge in [0.2, 0.25) is 12.4 Å². The zero-order valence-electron chi connectivity index (χ0n) is 12.3. The number of carbonyl (C=O) groups excluding carboxylic acids is 4. The molecule has 0 saturated carbocycles. The molecule has 8 heteroatoms. The Morgan fingerprint density at radius 1 is 0.810 bits per heavy atom. The van der Waals surface area contributed by atoms with Crippen molar-refractivity contribution in [3.63, 3.8) is 0 Å². The van der Waals surface area contributed by atoms with Crippen molar-refractivity contribution >= 4 is 23.7 Å². The molecule has 1 aliphatic heterocycles. The fraction of sp³-hybridized carbons (Fsp3) is 0.692. The second-order valence-electron chi connectivity index (χ2n) is 4.71. The van der Waals surface area contributed by atoms with E-state index in [9.17, 15) is 19.2 Å². The van der Waals surface area contributed by atoms with Crippen LogP contribution in [0.2, 0.25) is 0 Å². The number of hydrogen-bond donors (Lipinski definition) is 0. The number of ether oxygens (including phenoxy) is 4. The van der Waals surface area contributed by atoms with Crippen LogP contribution in [0.25, 0.3) is 0 Å². The summed E-state index contributed by atoms with van der Waals surface area (Å²) in [6.45, 7) is 4.84. The summed E-state index contributed by atoms with van der Waals surface area (Å²) in [5.74, 6) is -2.14. The molecule has 0 aromatic heterocycles. The van der Waals surface area contributed by atoms with Crippen molar-refractivity contribution in [3.8, 4) is 0 Å². The van der Waals surface area contributed by atoms with Gasteiger partial charge in [-0.25, -0.2) is 0 Å². The SMILES string of the molecule is CC(=O)C[C@H]1O[C@@H](OC(C)=O)[C@H](OC(C)=O)[C@@H]1OC(C)=O. The van der Waals surface area contributed by atoms with Gasteiger partial charge in [0.25, 0.3) is 0 Å². The smallest absolute Gasteiger partial charge is 0.305 e. The molecule has 1 aliphatic rings. The second kappa shape index (κ2) is 7.16. The molecule has 1 saturated heterocycles. The minimum Gasteiger partial charge on any atom is -0.456 e. The first-order chi connectivity index (χ1) is 9.70. The molecule has 0 unspecified atom stereocenters. The van der Waals surface area contributed by atoms with Crippen LogP contribution in [0.15, 0.2) is 0 Å². The minimum absolute atomic E-state index is 0.0620. The van der Waals surface area contributed by atoms with E-state index < -0.39 is 42.5 Å². The average Bonchev–Trinajstić information content (AvgIpc) is 2.55. The van der Waals surface area contributed by atoms with Gasteiger partial charge in [-0.2, -0.15) is 0 Å². The summed E-state index contributed by atoms with van der Waals surface area (Å²) in [6, 6.07) is 0. The molecular weight excluding hydrogens is 284 g/mol. The summed E-state index contributed by atoms with van der Waals surface area (Å²) in [7, 11) is 0. The van der Waals surface area contributed by atoms with E-state index in [-0.39, 0.29) is 12.2 Å². The Morgan fingerprint density at radius 3 is 1.71 bits per heavy atom. The third-order valence-electron chi connectivity index (χ3n) is 2.64. The maximum absolute atomic E-state index is 11.3. The number of ketones is 1. The molecule has 1 heterocycles. The lowest BCUT2D eigenvalue weighted by molar-refractivity contribution is -0.195. The highest BCUT2D eigenvalue weighted by molar-refractivity contribution is 5.76. The summed E-state index contributed by atoms with van der Waals surface area (Å²) in [5, 5.41) is 0. The number of Topliss-reactive ketones (excluding diaryl/α,β-unsaturated/α-hetero) is 1. The Balaban J connectivity index is 2.99. The lowest BCUT2D eigenvalue weighted by Crippen LogP contribution is -2.41. The van der Waals surface area contributed by atoms with Crippen LogP contribution in [0, 0.1) is 0 Å². The molecule has 0 aliphatic carbocycles. The topological polar surface area (TPSA) is 105 Å². The molecule has 0 aromatic carbocycles. The first-order valence-corrected chi connectivity index (χ1v) is 6.37. The van der Waals surface area contributed by atoms with Gasteiger partial charge in [-0.05, 0) is 6.92 Å². The fourth-order valence-corrected chi connectivity index (χ4v) is 2.05. The molecule has 0 aromatic rings. The van der Waals surface area contributed by atoms with Crippen molar-refractivity contribution in [1.29, 1.82) is 0 Å². The van der Waals surface area contributed by atoms with Crippen LogP contribution in [-0.2, 0) is 38.1 Å². The van der Waals surface area contributed by atoms with Gasteiger partial charge in [-0.3, -0.25) is 19.2 Å². The predicted octanol–water partition coefficient (Wildman–Crippen LogP) is 0.117. The van der Waals surface area contributed by atoms with Crippen LogP contribution < -0.4 is 0 Å². The third kappa shape index (κ3) is 5.14. The lowest BCUT2D eigenvalue weighted by atomic mass is 10.1. The van der Waals surface area contributed by atoms with Gasteiger partial charge in [0.05, 0.1) is 0 Å². The molecule has 0 spiro atoms. The van der Waals surface area contributed by atoms with E-state index in [4.69, 9.17) is 18.9 Å². The van der Waals surface area contributed by atoms with Gasteiger partial charge in [0.15, 0.2) is 6.10 Å². The molecular formula is C13H18O8. The summed E-state index contributed by atoms with van der Waals surface area (Å²) in [6.07, 6.45) is -4.26. The predicted molar refractivity (Wildman–Crippen MR) is 66.8 cm³/mol. The standard InChI is InChI=1S/C13H18O8/c1-6(14)5-10-11(18-7(2)15)12(19-8(3)16)13(21-10)20-9(4)17/h10-13H,5H2,1-4H3/t10-,11-,12-,13-/m1/s1. The zero-order chi connectivity index (χ0) is 16.2. The van der Waals surface area contributed by atoms with Crippen molar-refractivity contribution in [2.24, 2.45) is 0 Å². The highest BCUT2D eigenvalue weighted by Crippen LogP contribution is 2.30. The largest absolute Gasteiger partial charge is 0.456 e. The molecule has 0 radical (unpaired) electrons. The van der Waals surface area contributed by atoms with Crippen molar-refractivity contribution in [1.82, 2.24) is 0 Å². The van der Waals surface area contributed by atoms with Gasteiger partial charge in [-0.15, -0.1) is 0 Å². The van der Waals surface area contributed by atoms with Crippen LogP contribution in [0.4, 0.5) is 0 Å². The van der Waals surface area contributed by atoms with Crippen molar-refractivity contribution in [3.05, 3.63) is 0 Å². The second-order valence-corrected chi connectivity index (χ2v) is 4.71. The molecule has 1 fully saturated rings. The molecule has 0 N–H and O–H groups in total. The van der Waals surface area contributed by atoms with Gasteiger partial charge < -0.3 is 18.9 Å². The zero-order valence-corrected chi connectivity index (χ0v) is 12.3. The van der Waals surface area contributed by atoms with Crippen molar-refractivity contribution in [2.75, 3.05) is 0 Å². The highest BCUT2D eigenvalue weighted by atomic mass is 16.7. The van der Waals surface area contributed by atoms with Crippen LogP contribution in [0.1, 0.15) is 34.1 Å². The summed E-state index contributed by atoms with van der Waals surface area (Å²) in [4.78, 5) is 44.7. The minimum atomic E-state index is -1.22. The maximum atomic E-state index is 11.3. The van der Waals surface area contributed by atoms with Crippen LogP contribution in [-0.4, -0.2) is 48.3 Å². The molecule has 118 valence electrons. The van der Waals surface area contributed by atoms with E-state index >= 15 is 0 Å². The normalized spacial score (nSPS) is 27.8. The quantitative estimate of drug-likeness (QED) is 0.520. The summed E-state index contributed by atoms with van der Waals surface area (Å²) >= 11 is 0.